The van der Waals surface area contributed by atoms with Crippen molar-refractivity contribution in [2.45, 2.75) is 6.92 Å². The zero-order valence-corrected chi connectivity index (χ0v) is 10.9. The topological polar surface area (TPSA) is 26.3 Å². The molecule has 3 aromatic carbocycles. The third kappa shape index (κ3) is 1.68. The Kier molecular flexibility index (Phi) is 2.71. The zero-order valence-electron chi connectivity index (χ0n) is 10.9. The molecule has 3 rings (SSSR count). The number of aryl methyl sites for hydroxylation is 1. The van der Waals surface area contributed by atoms with E-state index in [0.717, 1.165) is 21.7 Å². The molecular formula is C17H14O2. The summed E-state index contributed by atoms with van der Waals surface area (Å²) >= 11 is 0. The van der Waals surface area contributed by atoms with Crippen molar-refractivity contribution in [2.75, 3.05) is 7.11 Å². The van der Waals surface area contributed by atoms with Crippen LogP contribution in [0.2, 0.25) is 0 Å². The molecule has 0 aliphatic carbocycles. The standard InChI is InChI=1S/C17H14O2/c1-11-12-7-3-4-8-13(12)14-9-5-6-10-15(14)16(11)17(18)19-2/h3-10H,1-2H3. The summed E-state index contributed by atoms with van der Waals surface area (Å²) in [6, 6.07) is 16.1. The summed E-state index contributed by atoms with van der Waals surface area (Å²) in [5.41, 5.74) is 1.64. The maximum absolute atomic E-state index is 12.1. The number of ether oxygens (including phenoxy) is 1. The molecule has 0 saturated heterocycles. The molecule has 0 spiro atoms. The molecule has 0 aliphatic heterocycles. The van der Waals surface area contributed by atoms with E-state index >= 15 is 0 Å². The second kappa shape index (κ2) is 4.39. The summed E-state index contributed by atoms with van der Waals surface area (Å²) in [6.07, 6.45) is 0. The first kappa shape index (κ1) is 11.7. The van der Waals surface area contributed by atoms with E-state index in [9.17, 15) is 4.79 Å². The van der Waals surface area contributed by atoms with Crippen LogP contribution in [0.3, 0.4) is 0 Å². The average Bonchev–Trinajstić information content (AvgIpc) is 2.47. The van der Waals surface area contributed by atoms with Gasteiger partial charge < -0.3 is 4.74 Å². The average molecular weight is 250 g/mol. The molecule has 0 aromatic heterocycles. The van der Waals surface area contributed by atoms with Crippen molar-refractivity contribution < 1.29 is 9.53 Å². The van der Waals surface area contributed by atoms with Crippen LogP contribution in [-0.4, -0.2) is 13.1 Å². The normalized spacial score (nSPS) is 10.8. The SMILES string of the molecule is COC(=O)c1c(C)c2ccccc2c2ccccc12. The van der Waals surface area contributed by atoms with Crippen LogP contribution in [0.25, 0.3) is 21.5 Å². The van der Waals surface area contributed by atoms with Crippen LogP contribution in [0.5, 0.6) is 0 Å². The minimum absolute atomic E-state index is 0.278. The van der Waals surface area contributed by atoms with Gasteiger partial charge in [0, 0.05) is 0 Å². The Labute approximate surface area is 111 Å². The quantitative estimate of drug-likeness (QED) is 0.480. The van der Waals surface area contributed by atoms with Crippen LogP contribution in [0.15, 0.2) is 48.5 Å². The van der Waals surface area contributed by atoms with E-state index in [1.54, 1.807) is 0 Å². The molecule has 2 nitrogen and oxygen atoms in total. The Morgan fingerprint density at radius 2 is 1.32 bits per heavy atom. The maximum atomic E-state index is 12.1. The van der Waals surface area contributed by atoms with Crippen LogP contribution in [0.4, 0.5) is 0 Å². The summed E-state index contributed by atoms with van der Waals surface area (Å²) in [5.74, 6) is -0.278. The van der Waals surface area contributed by atoms with Gasteiger partial charge >= 0.3 is 5.97 Å². The van der Waals surface area contributed by atoms with Gasteiger partial charge in [-0.3, -0.25) is 0 Å². The summed E-state index contributed by atoms with van der Waals surface area (Å²) in [7, 11) is 1.42. The Hall–Kier alpha value is -2.35. The lowest BCUT2D eigenvalue weighted by molar-refractivity contribution is 0.0602. The van der Waals surface area contributed by atoms with E-state index in [4.69, 9.17) is 4.74 Å². The predicted molar refractivity (Wildman–Crippen MR) is 77.5 cm³/mol. The van der Waals surface area contributed by atoms with Gasteiger partial charge in [0.15, 0.2) is 0 Å². The van der Waals surface area contributed by atoms with Crippen molar-refractivity contribution in [2.24, 2.45) is 0 Å². The van der Waals surface area contributed by atoms with Crippen molar-refractivity contribution in [3.8, 4) is 0 Å². The Morgan fingerprint density at radius 1 is 0.842 bits per heavy atom. The van der Waals surface area contributed by atoms with Crippen molar-refractivity contribution >= 4 is 27.5 Å². The first-order valence-corrected chi connectivity index (χ1v) is 6.22. The molecule has 94 valence electrons. The molecule has 3 aromatic rings. The third-order valence-corrected chi connectivity index (χ3v) is 3.58. The van der Waals surface area contributed by atoms with E-state index in [0.29, 0.717) is 5.56 Å². The lowest BCUT2D eigenvalue weighted by Gasteiger charge is -2.13. The van der Waals surface area contributed by atoms with Gasteiger partial charge in [-0.1, -0.05) is 48.5 Å². The Bertz CT molecular complexity index is 788. The number of methoxy groups -OCH3 is 1. The molecule has 2 heteroatoms. The molecule has 0 aliphatic rings. The van der Waals surface area contributed by atoms with Gasteiger partial charge in [0.25, 0.3) is 0 Å². The lowest BCUT2D eigenvalue weighted by Crippen LogP contribution is -2.05. The largest absolute Gasteiger partial charge is 0.465 e. The number of esters is 1. The van der Waals surface area contributed by atoms with Gasteiger partial charge in [0.2, 0.25) is 0 Å². The highest BCUT2D eigenvalue weighted by Crippen LogP contribution is 2.32. The molecule has 0 saturated carbocycles. The fraction of sp³-hybridized carbons (Fsp3) is 0.118. The van der Waals surface area contributed by atoms with E-state index < -0.39 is 0 Å². The summed E-state index contributed by atoms with van der Waals surface area (Å²) in [5, 5.41) is 4.31. The molecule has 0 fully saturated rings. The molecule has 0 heterocycles. The molecule has 19 heavy (non-hydrogen) atoms. The fourth-order valence-electron chi connectivity index (χ4n) is 2.68. The summed E-state index contributed by atoms with van der Waals surface area (Å²) in [6.45, 7) is 1.97. The number of rotatable bonds is 1. The molecule has 0 N–H and O–H groups in total. The molecule has 0 atom stereocenters. The van der Waals surface area contributed by atoms with Crippen molar-refractivity contribution in [3.05, 3.63) is 59.7 Å². The van der Waals surface area contributed by atoms with Crippen LogP contribution in [0, 0.1) is 6.92 Å². The number of carbonyl (C=O) groups excluding carboxylic acids is 1. The van der Waals surface area contributed by atoms with Gasteiger partial charge in [-0.15, -0.1) is 0 Å². The van der Waals surface area contributed by atoms with Gasteiger partial charge in [0.1, 0.15) is 0 Å². The third-order valence-electron chi connectivity index (χ3n) is 3.58. The number of hydrogen-bond acceptors (Lipinski definition) is 2. The Morgan fingerprint density at radius 3 is 1.89 bits per heavy atom. The van der Waals surface area contributed by atoms with E-state index in [2.05, 4.69) is 6.07 Å². The molecule has 0 bridgehead atoms. The number of benzene rings is 3. The minimum atomic E-state index is -0.278. The highest BCUT2D eigenvalue weighted by molar-refractivity contribution is 6.17. The zero-order chi connectivity index (χ0) is 13.4. The Balaban J connectivity index is 2.59. The van der Waals surface area contributed by atoms with E-state index in [-0.39, 0.29) is 5.97 Å². The van der Waals surface area contributed by atoms with Gasteiger partial charge in [-0.2, -0.15) is 0 Å². The van der Waals surface area contributed by atoms with Crippen molar-refractivity contribution in [1.82, 2.24) is 0 Å². The molecule has 0 amide bonds. The summed E-state index contributed by atoms with van der Waals surface area (Å²) < 4.78 is 4.94. The van der Waals surface area contributed by atoms with E-state index in [1.807, 2.05) is 49.4 Å². The molecule has 0 radical (unpaired) electrons. The second-order valence-electron chi connectivity index (χ2n) is 4.58. The highest BCUT2D eigenvalue weighted by atomic mass is 16.5. The van der Waals surface area contributed by atoms with Crippen LogP contribution >= 0.6 is 0 Å². The van der Waals surface area contributed by atoms with Crippen LogP contribution in [-0.2, 0) is 4.74 Å². The minimum Gasteiger partial charge on any atom is -0.465 e. The first-order chi connectivity index (χ1) is 9.24. The van der Waals surface area contributed by atoms with Crippen LogP contribution < -0.4 is 0 Å². The van der Waals surface area contributed by atoms with E-state index in [1.165, 1.54) is 12.5 Å². The smallest absolute Gasteiger partial charge is 0.338 e. The maximum Gasteiger partial charge on any atom is 0.338 e. The highest BCUT2D eigenvalue weighted by Gasteiger charge is 2.17. The molecule has 0 unspecified atom stereocenters. The van der Waals surface area contributed by atoms with Crippen LogP contribution in [0.1, 0.15) is 15.9 Å². The fourth-order valence-corrected chi connectivity index (χ4v) is 2.68. The van der Waals surface area contributed by atoms with Gasteiger partial charge in [-0.25, -0.2) is 4.79 Å². The lowest BCUT2D eigenvalue weighted by atomic mass is 9.92. The van der Waals surface area contributed by atoms with Crippen molar-refractivity contribution in [1.29, 1.82) is 0 Å². The van der Waals surface area contributed by atoms with Gasteiger partial charge in [0.05, 0.1) is 12.7 Å². The monoisotopic (exact) mass is 250 g/mol. The first-order valence-electron chi connectivity index (χ1n) is 6.22. The van der Waals surface area contributed by atoms with Gasteiger partial charge in [-0.05, 0) is 34.0 Å². The predicted octanol–water partition coefficient (Wildman–Crippen LogP) is 4.09. The number of hydrogen-bond donors (Lipinski definition) is 0. The van der Waals surface area contributed by atoms with Crippen molar-refractivity contribution in [3.63, 3.8) is 0 Å². The second-order valence-corrected chi connectivity index (χ2v) is 4.58. The number of carbonyl (C=O) groups is 1. The summed E-state index contributed by atoms with van der Waals surface area (Å²) in [4.78, 5) is 12.1. The number of fused-ring (bicyclic) bond motifs is 3. The molecular weight excluding hydrogens is 236 g/mol.